The molecule has 12 nitrogen and oxygen atoms in total. The topological polar surface area (TPSA) is 153 Å². The zero-order valence-corrected chi connectivity index (χ0v) is 17.4. The lowest BCUT2D eigenvalue weighted by Gasteiger charge is -2.12. The molecule has 0 aromatic heterocycles. The number of hydrogen-bond acceptors (Lipinski definition) is 10. The lowest BCUT2D eigenvalue weighted by molar-refractivity contribution is -0.177. The van der Waals surface area contributed by atoms with Gasteiger partial charge < -0.3 is 24.3 Å². The average molecular weight is 481 g/mol. The molecule has 0 saturated carbocycles. The van der Waals surface area contributed by atoms with E-state index in [0.717, 1.165) is 6.26 Å². The Morgan fingerprint density at radius 3 is 2.27 bits per heavy atom. The van der Waals surface area contributed by atoms with Crippen molar-refractivity contribution in [3.8, 4) is 6.07 Å². The Bertz CT molecular complexity index is 749. The summed E-state index contributed by atoms with van der Waals surface area (Å²) < 4.78 is 55.7. The highest BCUT2D eigenvalue weighted by Gasteiger charge is 2.38. The van der Waals surface area contributed by atoms with Crippen molar-refractivity contribution in [2.24, 2.45) is 0 Å². The zero-order valence-electron chi connectivity index (χ0n) is 17.4. The van der Waals surface area contributed by atoms with Gasteiger partial charge in [0.2, 0.25) is 0 Å². The first kappa shape index (κ1) is 27.7. The predicted octanol–water partition coefficient (Wildman–Crippen LogP) is 0.729. The van der Waals surface area contributed by atoms with E-state index in [2.05, 4.69) is 9.57 Å². The average Bonchev–Trinajstić information content (AvgIpc) is 3.07. The van der Waals surface area contributed by atoms with Crippen LogP contribution in [0.5, 0.6) is 0 Å². The molecule has 0 radical (unpaired) electrons. The van der Waals surface area contributed by atoms with Crippen LogP contribution in [0.25, 0.3) is 0 Å². The summed E-state index contributed by atoms with van der Waals surface area (Å²) in [6.45, 7) is -0.479. The fourth-order valence-corrected chi connectivity index (χ4v) is 2.07. The first-order valence-electron chi connectivity index (χ1n) is 9.57. The number of carbonyl (C=O) groups is 4. The molecular formula is C18H22F3N3O9. The number of hydrogen-bond donors (Lipinski definition) is 1. The summed E-state index contributed by atoms with van der Waals surface area (Å²) in [4.78, 5) is 49.0. The van der Waals surface area contributed by atoms with Crippen molar-refractivity contribution in [1.82, 2.24) is 10.4 Å². The highest BCUT2D eigenvalue weighted by atomic mass is 19.4. The number of carbonyl (C=O) groups excluding carboxylic acids is 4. The van der Waals surface area contributed by atoms with Crippen LogP contribution in [0.3, 0.4) is 0 Å². The van der Waals surface area contributed by atoms with Gasteiger partial charge in [-0.3, -0.25) is 19.2 Å². The van der Waals surface area contributed by atoms with E-state index in [1.807, 2.05) is 6.07 Å². The minimum Gasteiger partial charge on any atom is -0.497 e. The van der Waals surface area contributed by atoms with Crippen LogP contribution in [0, 0.1) is 11.3 Å². The summed E-state index contributed by atoms with van der Waals surface area (Å²) in [7, 11) is 0. The summed E-state index contributed by atoms with van der Waals surface area (Å²) >= 11 is 0. The normalized spacial score (nSPS) is 14.1. The highest BCUT2D eigenvalue weighted by molar-refractivity contribution is 6.01. The van der Waals surface area contributed by atoms with Crippen LogP contribution in [-0.2, 0) is 38.2 Å². The summed E-state index contributed by atoms with van der Waals surface area (Å²) in [6.07, 6.45) is -4.93. The molecule has 1 aliphatic heterocycles. The maximum Gasteiger partial charge on any atom is 0.534 e. The molecule has 0 aliphatic carbocycles. The number of halogens is 3. The van der Waals surface area contributed by atoms with Gasteiger partial charge in [-0.05, 0) is 0 Å². The standard InChI is InChI=1S/C18H22F3N3O9/c19-18(20,21)16(27)23-4-6-30-8-7-29-5-3-13(11-22)12-31-9-10-32-17(28)33-24-14(25)1-2-15(24)26/h12H,1-10H2,(H,23,27)/b13-12-. The molecule has 0 unspecified atom stereocenters. The van der Waals surface area contributed by atoms with Gasteiger partial charge in [0, 0.05) is 25.8 Å². The fourth-order valence-electron chi connectivity index (χ4n) is 2.07. The van der Waals surface area contributed by atoms with E-state index < -0.39 is 30.1 Å². The SMILES string of the molecule is N#C/C(=C\OCCOC(=O)ON1C(=O)CCC1=O)CCOCCOCCNC(=O)C(F)(F)F. The Morgan fingerprint density at radius 1 is 1.03 bits per heavy atom. The molecule has 0 bridgehead atoms. The smallest absolute Gasteiger partial charge is 0.497 e. The zero-order chi connectivity index (χ0) is 24.7. The summed E-state index contributed by atoms with van der Waals surface area (Å²) in [5.74, 6) is -3.32. The maximum atomic E-state index is 11.9. The second kappa shape index (κ2) is 14.6. The van der Waals surface area contributed by atoms with Crippen molar-refractivity contribution in [1.29, 1.82) is 5.26 Å². The lowest BCUT2D eigenvalue weighted by Crippen LogP contribution is -2.38. The van der Waals surface area contributed by atoms with Gasteiger partial charge >= 0.3 is 18.2 Å². The molecule has 1 aliphatic rings. The molecule has 1 heterocycles. The fraction of sp³-hybridized carbons (Fsp3) is 0.611. The van der Waals surface area contributed by atoms with Gasteiger partial charge in [-0.25, -0.2) is 4.79 Å². The van der Waals surface area contributed by atoms with Crippen molar-refractivity contribution in [3.63, 3.8) is 0 Å². The molecule has 0 aromatic carbocycles. The number of alkyl halides is 3. The quantitative estimate of drug-likeness (QED) is 0.123. The van der Waals surface area contributed by atoms with Crippen LogP contribution in [0.15, 0.2) is 11.8 Å². The van der Waals surface area contributed by atoms with Crippen LogP contribution in [0.1, 0.15) is 19.3 Å². The van der Waals surface area contributed by atoms with Gasteiger partial charge in [-0.1, -0.05) is 5.06 Å². The van der Waals surface area contributed by atoms with Gasteiger partial charge in [-0.15, -0.1) is 0 Å². The number of hydroxylamine groups is 2. The second-order valence-electron chi connectivity index (χ2n) is 6.13. The van der Waals surface area contributed by atoms with Crippen LogP contribution in [0.4, 0.5) is 18.0 Å². The molecule has 33 heavy (non-hydrogen) atoms. The Hall–Kier alpha value is -3.38. The molecular weight excluding hydrogens is 459 g/mol. The van der Waals surface area contributed by atoms with Crippen LogP contribution in [-0.4, -0.2) is 81.3 Å². The van der Waals surface area contributed by atoms with Crippen LogP contribution < -0.4 is 5.32 Å². The van der Waals surface area contributed by atoms with Crippen molar-refractivity contribution in [2.75, 3.05) is 46.2 Å². The minimum atomic E-state index is -4.94. The Labute approximate surface area is 186 Å². The van der Waals surface area contributed by atoms with Gasteiger partial charge in [-0.2, -0.15) is 18.4 Å². The number of imide groups is 1. The summed E-state index contributed by atoms with van der Waals surface area (Å²) in [5, 5.41) is 11.0. The summed E-state index contributed by atoms with van der Waals surface area (Å²) in [6, 6.07) is 1.88. The molecule has 1 rings (SSSR count). The number of ether oxygens (including phenoxy) is 4. The van der Waals surface area contributed by atoms with Gasteiger partial charge in [0.1, 0.15) is 13.2 Å². The van der Waals surface area contributed by atoms with Gasteiger partial charge in [0.25, 0.3) is 11.8 Å². The minimum absolute atomic E-state index is 0.0430. The van der Waals surface area contributed by atoms with E-state index in [-0.39, 0.29) is 71.0 Å². The number of nitrogens with one attached hydrogen (secondary N) is 1. The molecule has 0 atom stereocenters. The third kappa shape index (κ3) is 11.7. The van der Waals surface area contributed by atoms with Crippen molar-refractivity contribution >= 4 is 23.9 Å². The molecule has 184 valence electrons. The molecule has 15 heteroatoms. The van der Waals surface area contributed by atoms with Gasteiger partial charge in [0.15, 0.2) is 0 Å². The first-order chi connectivity index (χ1) is 15.6. The van der Waals surface area contributed by atoms with E-state index in [9.17, 15) is 32.3 Å². The number of amides is 3. The van der Waals surface area contributed by atoms with Crippen LogP contribution >= 0.6 is 0 Å². The molecule has 3 amide bonds. The van der Waals surface area contributed by atoms with Gasteiger partial charge in [0.05, 0.1) is 44.3 Å². The van der Waals surface area contributed by atoms with Crippen molar-refractivity contribution in [3.05, 3.63) is 11.8 Å². The van der Waals surface area contributed by atoms with E-state index in [1.54, 1.807) is 5.32 Å². The highest BCUT2D eigenvalue weighted by Crippen LogP contribution is 2.14. The third-order valence-electron chi connectivity index (χ3n) is 3.64. The lowest BCUT2D eigenvalue weighted by atomic mass is 10.2. The van der Waals surface area contributed by atoms with Crippen LogP contribution in [0.2, 0.25) is 0 Å². The van der Waals surface area contributed by atoms with Crippen molar-refractivity contribution in [2.45, 2.75) is 25.4 Å². The molecule has 0 spiro atoms. The third-order valence-corrected chi connectivity index (χ3v) is 3.64. The molecule has 0 aromatic rings. The monoisotopic (exact) mass is 481 g/mol. The number of rotatable bonds is 14. The maximum absolute atomic E-state index is 11.9. The molecule has 1 saturated heterocycles. The molecule has 1 N–H and O–H groups in total. The number of nitrogens with zero attached hydrogens (tertiary/aromatic N) is 2. The summed E-state index contributed by atoms with van der Waals surface area (Å²) in [5.41, 5.74) is 0.224. The number of nitriles is 1. The van der Waals surface area contributed by atoms with E-state index in [0.29, 0.717) is 5.06 Å². The largest absolute Gasteiger partial charge is 0.534 e. The van der Waals surface area contributed by atoms with E-state index in [1.165, 1.54) is 0 Å². The van der Waals surface area contributed by atoms with E-state index in [4.69, 9.17) is 19.5 Å². The Balaban J connectivity index is 2.04. The Kier molecular flexibility index (Phi) is 12.3. The first-order valence-corrected chi connectivity index (χ1v) is 9.57. The van der Waals surface area contributed by atoms with Crippen molar-refractivity contribution < 1.29 is 56.1 Å². The molecule has 1 fully saturated rings. The predicted molar refractivity (Wildman–Crippen MR) is 98.5 cm³/mol. The second-order valence-corrected chi connectivity index (χ2v) is 6.13. The Morgan fingerprint density at radius 2 is 1.67 bits per heavy atom. The van der Waals surface area contributed by atoms with E-state index >= 15 is 0 Å².